The molecule has 0 radical (unpaired) electrons. The average molecular weight is 237 g/mol. The van der Waals surface area contributed by atoms with Crippen molar-refractivity contribution in [2.75, 3.05) is 13.1 Å². The maximum atomic E-state index is 9.48. The van der Waals surface area contributed by atoms with E-state index in [9.17, 15) is 5.26 Å². The van der Waals surface area contributed by atoms with Crippen LogP contribution < -0.4 is 0 Å². The summed E-state index contributed by atoms with van der Waals surface area (Å²) in [6.07, 6.45) is 4.18. The van der Waals surface area contributed by atoms with Crippen LogP contribution in [0, 0.1) is 11.3 Å². The fraction of sp³-hybridized carbons (Fsp3) is 0.333. The Balaban J connectivity index is 2.09. The Bertz CT molecular complexity index is 589. The first-order valence-electron chi connectivity index (χ1n) is 6.37. The zero-order valence-electron chi connectivity index (χ0n) is 10.2. The number of hydrogen-bond acceptors (Lipinski definition) is 3. The summed E-state index contributed by atoms with van der Waals surface area (Å²) in [7, 11) is 0. The van der Waals surface area contributed by atoms with E-state index in [0.717, 1.165) is 29.6 Å². The molecule has 1 unspecified atom stereocenters. The Morgan fingerprint density at radius 1 is 1.17 bits per heavy atom. The van der Waals surface area contributed by atoms with Gasteiger partial charge in [-0.25, -0.2) is 0 Å². The van der Waals surface area contributed by atoms with Crippen molar-refractivity contribution in [1.29, 1.82) is 5.26 Å². The van der Waals surface area contributed by atoms with Gasteiger partial charge in [0.1, 0.15) is 6.04 Å². The lowest BCUT2D eigenvalue weighted by Crippen LogP contribution is -2.24. The van der Waals surface area contributed by atoms with Crippen LogP contribution in [0.4, 0.5) is 0 Å². The van der Waals surface area contributed by atoms with Gasteiger partial charge in [-0.1, -0.05) is 24.3 Å². The molecule has 0 N–H and O–H groups in total. The fourth-order valence-electron chi connectivity index (χ4n) is 2.70. The normalized spacial score (nSPS) is 17.7. The minimum absolute atomic E-state index is 0.161. The van der Waals surface area contributed by atoms with Crippen LogP contribution in [-0.2, 0) is 0 Å². The second-order valence-corrected chi connectivity index (χ2v) is 4.70. The van der Waals surface area contributed by atoms with Crippen LogP contribution in [-0.4, -0.2) is 23.0 Å². The van der Waals surface area contributed by atoms with E-state index in [-0.39, 0.29) is 6.04 Å². The maximum absolute atomic E-state index is 9.48. The number of fused-ring (bicyclic) bond motifs is 1. The Morgan fingerprint density at radius 3 is 2.72 bits per heavy atom. The number of aromatic nitrogens is 1. The highest BCUT2D eigenvalue weighted by Gasteiger charge is 2.24. The van der Waals surface area contributed by atoms with Crippen molar-refractivity contribution in [3.05, 3.63) is 42.1 Å². The summed E-state index contributed by atoms with van der Waals surface area (Å²) >= 11 is 0. The van der Waals surface area contributed by atoms with Gasteiger partial charge in [0.2, 0.25) is 0 Å². The molecule has 3 rings (SSSR count). The zero-order valence-corrected chi connectivity index (χ0v) is 10.2. The van der Waals surface area contributed by atoms with Gasteiger partial charge >= 0.3 is 0 Å². The van der Waals surface area contributed by atoms with Gasteiger partial charge in [-0.05, 0) is 32.0 Å². The quantitative estimate of drug-likeness (QED) is 0.806. The molecular weight excluding hydrogens is 222 g/mol. The van der Waals surface area contributed by atoms with E-state index >= 15 is 0 Å². The molecule has 3 nitrogen and oxygen atoms in total. The Kier molecular flexibility index (Phi) is 2.95. The predicted molar refractivity (Wildman–Crippen MR) is 70.9 cm³/mol. The molecule has 1 aliphatic rings. The summed E-state index contributed by atoms with van der Waals surface area (Å²) in [5.74, 6) is 0. The van der Waals surface area contributed by atoms with E-state index in [0.29, 0.717) is 0 Å². The lowest BCUT2D eigenvalue weighted by molar-refractivity contribution is 0.295. The van der Waals surface area contributed by atoms with Crippen molar-refractivity contribution in [3.63, 3.8) is 0 Å². The van der Waals surface area contributed by atoms with Crippen LogP contribution >= 0.6 is 0 Å². The molecular formula is C15H15N3. The molecule has 18 heavy (non-hydrogen) atoms. The first-order valence-corrected chi connectivity index (χ1v) is 6.37. The third-order valence-electron chi connectivity index (χ3n) is 3.59. The van der Waals surface area contributed by atoms with Gasteiger partial charge in [0.15, 0.2) is 0 Å². The summed E-state index contributed by atoms with van der Waals surface area (Å²) in [5, 5.41) is 10.6. The highest BCUT2D eigenvalue weighted by Crippen LogP contribution is 2.28. The average Bonchev–Trinajstić information content (AvgIpc) is 2.94. The number of hydrogen-bond donors (Lipinski definition) is 0. The van der Waals surface area contributed by atoms with Gasteiger partial charge in [-0.15, -0.1) is 0 Å². The van der Waals surface area contributed by atoms with Gasteiger partial charge in [0.25, 0.3) is 0 Å². The molecule has 1 aromatic carbocycles. The first-order chi connectivity index (χ1) is 8.90. The SMILES string of the molecule is N#CC(c1cccc2cccnc12)N1CCCC1. The fourth-order valence-corrected chi connectivity index (χ4v) is 2.70. The number of nitrogens with zero attached hydrogens (tertiary/aromatic N) is 3. The molecule has 0 aliphatic carbocycles. The Morgan fingerprint density at radius 2 is 1.94 bits per heavy atom. The molecule has 1 fully saturated rings. The van der Waals surface area contributed by atoms with E-state index in [1.807, 2.05) is 30.3 Å². The van der Waals surface area contributed by atoms with Crippen LogP contribution in [0.5, 0.6) is 0 Å². The second kappa shape index (κ2) is 4.75. The third kappa shape index (κ3) is 1.85. The minimum atomic E-state index is -0.161. The number of nitriles is 1. The summed E-state index contributed by atoms with van der Waals surface area (Å²) in [6, 6.07) is 12.3. The highest BCUT2D eigenvalue weighted by molar-refractivity contribution is 5.82. The standard InChI is InChI=1S/C15H15N3/c16-11-14(18-9-1-2-10-18)13-7-3-5-12-6-4-8-17-15(12)13/h3-8,14H,1-2,9-10H2. The van der Waals surface area contributed by atoms with Gasteiger partial charge in [0, 0.05) is 17.1 Å². The Hall–Kier alpha value is -1.92. The van der Waals surface area contributed by atoms with Crippen molar-refractivity contribution in [1.82, 2.24) is 9.88 Å². The monoisotopic (exact) mass is 237 g/mol. The van der Waals surface area contributed by atoms with Crippen LogP contribution in [0.3, 0.4) is 0 Å². The molecule has 2 heterocycles. The summed E-state index contributed by atoms with van der Waals surface area (Å²) in [6.45, 7) is 2.03. The van der Waals surface area contributed by atoms with E-state index in [1.54, 1.807) is 6.20 Å². The van der Waals surface area contributed by atoms with Crippen LogP contribution in [0.2, 0.25) is 0 Å². The largest absolute Gasteiger partial charge is 0.284 e. The lowest BCUT2D eigenvalue weighted by atomic mass is 10.0. The number of rotatable bonds is 2. The van der Waals surface area contributed by atoms with Crippen LogP contribution in [0.15, 0.2) is 36.5 Å². The van der Waals surface area contributed by atoms with Crippen molar-refractivity contribution in [3.8, 4) is 6.07 Å². The number of benzene rings is 1. The molecule has 90 valence electrons. The molecule has 1 atom stereocenters. The molecule has 1 aliphatic heterocycles. The van der Waals surface area contributed by atoms with Gasteiger partial charge in [-0.3, -0.25) is 9.88 Å². The van der Waals surface area contributed by atoms with Gasteiger partial charge < -0.3 is 0 Å². The number of para-hydroxylation sites is 1. The second-order valence-electron chi connectivity index (χ2n) is 4.70. The molecule has 1 saturated heterocycles. The first kappa shape index (κ1) is 11.2. The number of likely N-dealkylation sites (tertiary alicyclic amines) is 1. The van der Waals surface area contributed by atoms with E-state index in [4.69, 9.17) is 0 Å². The predicted octanol–water partition coefficient (Wildman–Crippen LogP) is 2.90. The van der Waals surface area contributed by atoms with Crippen molar-refractivity contribution in [2.45, 2.75) is 18.9 Å². The van der Waals surface area contributed by atoms with Crippen molar-refractivity contribution in [2.24, 2.45) is 0 Å². The summed E-state index contributed by atoms with van der Waals surface area (Å²) in [5.41, 5.74) is 2.00. The Labute approximate surface area is 107 Å². The molecule has 3 heteroatoms. The van der Waals surface area contributed by atoms with Crippen molar-refractivity contribution >= 4 is 10.9 Å². The van der Waals surface area contributed by atoms with Crippen molar-refractivity contribution < 1.29 is 0 Å². The molecule has 0 bridgehead atoms. The topological polar surface area (TPSA) is 39.9 Å². The third-order valence-corrected chi connectivity index (χ3v) is 3.59. The van der Waals surface area contributed by atoms with E-state index in [1.165, 1.54) is 12.8 Å². The highest BCUT2D eigenvalue weighted by atomic mass is 15.2. The van der Waals surface area contributed by atoms with Crippen LogP contribution in [0.1, 0.15) is 24.4 Å². The van der Waals surface area contributed by atoms with Gasteiger partial charge in [0.05, 0.1) is 11.6 Å². The smallest absolute Gasteiger partial charge is 0.125 e. The molecule has 0 amide bonds. The maximum Gasteiger partial charge on any atom is 0.125 e. The van der Waals surface area contributed by atoms with Crippen LogP contribution in [0.25, 0.3) is 10.9 Å². The lowest BCUT2D eigenvalue weighted by Gasteiger charge is -2.22. The molecule has 1 aromatic heterocycles. The van der Waals surface area contributed by atoms with Gasteiger partial charge in [-0.2, -0.15) is 5.26 Å². The summed E-state index contributed by atoms with van der Waals surface area (Å²) < 4.78 is 0. The summed E-state index contributed by atoms with van der Waals surface area (Å²) in [4.78, 5) is 6.70. The molecule has 0 saturated carbocycles. The van der Waals surface area contributed by atoms with E-state index < -0.39 is 0 Å². The molecule has 2 aromatic rings. The van der Waals surface area contributed by atoms with E-state index in [2.05, 4.69) is 16.0 Å². The number of pyridine rings is 1. The zero-order chi connectivity index (χ0) is 12.4. The minimum Gasteiger partial charge on any atom is -0.284 e. The molecule has 0 spiro atoms.